The largest absolute Gasteiger partial charge is 0.481 e. The Morgan fingerprint density at radius 3 is 1.71 bits per heavy atom. The number of carbonyl (C=O) groups excluding carboxylic acids is 1. The van der Waals surface area contributed by atoms with E-state index in [1.807, 2.05) is 11.8 Å². The number of nitrogens with zero attached hydrogens (tertiary/aromatic N) is 1. The van der Waals surface area contributed by atoms with Crippen LogP contribution in [0.3, 0.4) is 0 Å². The van der Waals surface area contributed by atoms with Gasteiger partial charge in [0.25, 0.3) is 0 Å². The van der Waals surface area contributed by atoms with Gasteiger partial charge in [-0.3, -0.25) is 9.59 Å². The van der Waals surface area contributed by atoms with Crippen LogP contribution in [0.4, 0.5) is 0 Å². The summed E-state index contributed by atoms with van der Waals surface area (Å²) in [6.07, 6.45) is 2.53. The van der Waals surface area contributed by atoms with Crippen molar-refractivity contribution in [2.45, 2.75) is 38.6 Å². The summed E-state index contributed by atoms with van der Waals surface area (Å²) >= 11 is 0. The number of nitrogens with one attached hydrogen (secondary N) is 1. The minimum atomic E-state index is -0.870. The maximum absolute atomic E-state index is 12.2. The van der Waals surface area contributed by atoms with Gasteiger partial charge in [-0.25, -0.2) is 0 Å². The molecule has 10 nitrogen and oxygen atoms in total. The molecule has 1 aliphatic heterocycles. The number of hydrogen-bond acceptors (Lipinski definition) is 8. The molecule has 1 rings (SSSR count). The Hall–Kier alpha value is -1.30. The zero-order valence-electron chi connectivity index (χ0n) is 18.9. The summed E-state index contributed by atoms with van der Waals surface area (Å²) in [6, 6.07) is 0.319. The van der Waals surface area contributed by atoms with Crippen LogP contribution in [0.15, 0.2) is 0 Å². The average Bonchev–Trinajstić information content (AvgIpc) is 2.78. The van der Waals surface area contributed by atoms with Gasteiger partial charge in [0, 0.05) is 19.0 Å². The lowest BCUT2D eigenvalue weighted by molar-refractivity contribution is -0.138. The van der Waals surface area contributed by atoms with Gasteiger partial charge in [-0.1, -0.05) is 6.92 Å². The molecule has 0 unspecified atom stereocenters. The first-order valence-electron chi connectivity index (χ1n) is 11.3. The van der Waals surface area contributed by atoms with Crippen molar-refractivity contribution in [2.24, 2.45) is 0 Å². The summed E-state index contributed by atoms with van der Waals surface area (Å²) in [4.78, 5) is 24.5. The summed E-state index contributed by atoms with van der Waals surface area (Å²) in [6.45, 7) is 8.82. The quantitative estimate of drug-likeness (QED) is 0.257. The van der Waals surface area contributed by atoms with E-state index in [2.05, 4.69) is 5.32 Å². The van der Waals surface area contributed by atoms with Crippen LogP contribution in [-0.4, -0.2) is 114 Å². The molecule has 31 heavy (non-hydrogen) atoms. The molecule has 1 fully saturated rings. The highest BCUT2D eigenvalue weighted by molar-refractivity contribution is 5.76. The Labute approximate surface area is 185 Å². The Morgan fingerprint density at radius 1 is 0.806 bits per heavy atom. The molecule has 1 saturated heterocycles. The van der Waals surface area contributed by atoms with Crippen LogP contribution in [-0.2, 0) is 33.3 Å². The van der Waals surface area contributed by atoms with Gasteiger partial charge in [0.1, 0.15) is 0 Å². The molecule has 0 radical (unpaired) electrons. The summed E-state index contributed by atoms with van der Waals surface area (Å²) in [5.41, 5.74) is 0. The predicted octanol–water partition coefficient (Wildman–Crippen LogP) is 0.535. The van der Waals surface area contributed by atoms with Crippen molar-refractivity contribution in [1.82, 2.24) is 10.2 Å². The molecule has 10 heteroatoms. The SMILES string of the molecule is CCC(=O)N(CCOCCOCCOCCOCCOCCC(=O)O)C1CCNCC1. The van der Waals surface area contributed by atoms with Crippen molar-refractivity contribution in [2.75, 3.05) is 85.7 Å². The fourth-order valence-electron chi connectivity index (χ4n) is 3.14. The molecular weight excluding hydrogens is 408 g/mol. The van der Waals surface area contributed by atoms with Gasteiger partial charge < -0.3 is 39.0 Å². The van der Waals surface area contributed by atoms with E-state index >= 15 is 0 Å². The molecular formula is C21H40N2O8. The number of hydrogen-bond donors (Lipinski definition) is 2. The number of amides is 1. The average molecular weight is 449 g/mol. The lowest BCUT2D eigenvalue weighted by atomic mass is 10.0. The van der Waals surface area contributed by atoms with E-state index in [0.717, 1.165) is 25.9 Å². The first kappa shape index (κ1) is 27.7. The van der Waals surface area contributed by atoms with E-state index in [4.69, 9.17) is 28.8 Å². The number of ether oxygens (including phenoxy) is 5. The number of piperidine rings is 1. The van der Waals surface area contributed by atoms with Crippen LogP contribution in [0.25, 0.3) is 0 Å². The van der Waals surface area contributed by atoms with E-state index in [1.165, 1.54) is 0 Å². The van der Waals surface area contributed by atoms with E-state index in [1.54, 1.807) is 0 Å². The molecule has 0 aliphatic carbocycles. The molecule has 2 N–H and O–H groups in total. The summed E-state index contributed by atoms with van der Waals surface area (Å²) < 4.78 is 26.9. The minimum absolute atomic E-state index is 0.00348. The highest BCUT2D eigenvalue weighted by Crippen LogP contribution is 2.13. The summed E-state index contributed by atoms with van der Waals surface area (Å²) in [7, 11) is 0. The van der Waals surface area contributed by atoms with Gasteiger partial charge in [0.15, 0.2) is 0 Å². The number of carbonyl (C=O) groups is 2. The molecule has 0 aromatic rings. The van der Waals surface area contributed by atoms with Gasteiger partial charge in [-0.05, 0) is 25.9 Å². The Morgan fingerprint density at radius 2 is 1.26 bits per heavy atom. The molecule has 0 aromatic heterocycles. The minimum Gasteiger partial charge on any atom is -0.481 e. The fourth-order valence-corrected chi connectivity index (χ4v) is 3.14. The van der Waals surface area contributed by atoms with E-state index in [9.17, 15) is 9.59 Å². The van der Waals surface area contributed by atoms with Crippen LogP contribution in [0.1, 0.15) is 32.6 Å². The molecule has 1 heterocycles. The smallest absolute Gasteiger partial charge is 0.305 e. The Kier molecular flexibility index (Phi) is 17.3. The molecule has 0 spiro atoms. The van der Waals surface area contributed by atoms with Crippen molar-refractivity contribution in [1.29, 1.82) is 0 Å². The van der Waals surface area contributed by atoms with Crippen molar-refractivity contribution in [3.63, 3.8) is 0 Å². The van der Waals surface area contributed by atoms with Crippen LogP contribution in [0, 0.1) is 0 Å². The van der Waals surface area contributed by atoms with Crippen molar-refractivity contribution >= 4 is 11.9 Å². The molecule has 0 saturated carbocycles. The second-order valence-electron chi connectivity index (χ2n) is 7.13. The lowest BCUT2D eigenvalue weighted by Crippen LogP contribution is -2.47. The Bertz CT molecular complexity index is 461. The number of carboxylic acids is 1. The maximum atomic E-state index is 12.2. The highest BCUT2D eigenvalue weighted by Gasteiger charge is 2.23. The van der Waals surface area contributed by atoms with Crippen LogP contribution in [0.2, 0.25) is 0 Å². The molecule has 1 amide bonds. The van der Waals surface area contributed by atoms with Gasteiger partial charge in [0.05, 0.1) is 72.5 Å². The van der Waals surface area contributed by atoms with Gasteiger partial charge in [0.2, 0.25) is 5.91 Å². The number of rotatable bonds is 20. The van der Waals surface area contributed by atoms with Gasteiger partial charge in [-0.15, -0.1) is 0 Å². The lowest BCUT2D eigenvalue weighted by Gasteiger charge is -2.34. The number of aliphatic carboxylic acids is 1. The fraction of sp³-hybridized carbons (Fsp3) is 0.905. The van der Waals surface area contributed by atoms with E-state index < -0.39 is 5.97 Å². The third kappa shape index (κ3) is 15.2. The Balaban J connectivity index is 1.86. The van der Waals surface area contributed by atoms with Crippen LogP contribution in [0.5, 0.6) is 0 Å². The summed E-state index contributed by atoms with van der Waals surface area (Å²) in [5, 5.41) is 11.8. The monoisotopic (exact) mass is 448 g/mol. The topological polar surface area (TPSA) is 116 Å². The number of carboxylic acid groups (broad SMARTS) is 1. The zero-order valence-corrected chi connectivity index (χ0v) is 18.9. The van der Waals surface area contributed by atoms with E-state index in [0.29, 0.717) is 78.5 Å². The normalized spacial score (nSPS) is 14.6. The summed E-state index contributed by atoms with van der Waals surface area (Å²) in [5.74, 6) is -0.676. The van der Waals surface area contributed by atoms with Crippen LogP contribution >= 0.6 is 0 Å². The van der Waals surface area contributed by atoms with Gasteiger partial charge in [-0.2, -0.15) is 0 Å². The molecule has 0 atom stereocenters. The second kappa shape index (κ2) is 19.4. The highest BCUT2D eigenvalue weighted by atomic mass is 16.6. The molecule has 0 aromatic carbocycles. The third-order valence-corrected chi connectivity index (χ3v) is 4.80. The van der Waals surface area contributed by atoms with Gasteiger partial charge >= 0.3 is 5.97 Å². The first-order valence-corrected chi connectivity index (χ1v) is 11.3. The van der Waals surface area contributed by atoms with Crippen LogP contribution < -0.4 is 5.32 Å². The molecule has 0 bridgehead atoms. The van der Waals surface area contributed by atoms with Crippen molar-refractivity contribution in [3.8, 4) is 0 Å². The standard InChI is InChI=1S/C21H40N2O8/c1-2-20(24)23(19-3-6-22-7-4-19)8-10-28-12-14-30-16-18-31-17-15-29-13-11-27-9-5-21(25)26/h19,22H,2-18H2,1H3,(H,25,26). The first-order chi connectivity index (χ1) is 15.1. The third-order valence-electron chi connectivity index (χ3n) is 4.80. The van der Waals surface area contributed by atoms with E-state index in [-0.39, 0.29) is 18.9 Å². The van der Waals surface area contributed by atoms with Crippen molar-refractivity contribution < 1.29 is 38.4 Å². The maximum Gasteiger partial charge on any atom is 0.305 e. The molecule has 182 valence electrons. The predicted molar refractivity (Wildman–Crippen MR) is 114 cm³/mol. The zero-order chi connectivity index (χ0) is 22.6. The van der Waals surface area contributed by atoms with Crippen molar-refractivity contribution in [3.05, 3.63) is 0 Å². The second-order valence-corrected chi connectivity index (χ2v) is 7.13. The molecule has 1 aliphatic rings.